The van der Waals surface area contributed by atoms with Gasteiger partial charge in [-0.05, 0) is 36.8 Å². The number of hydrogen-bond donors (Lipinski definition) is 0. The van der Waals surface area contributed by atoms with Gasteiger partial charge < -0.3 is 4.74 Å². The van der Waals surface area contributed by atoms with Crippen LogP contribution < -0.4 is 0 Å². The van der Waals surface area contributed by atoms with Gasteiger partial charge in [-0.1, -0.05) is 30.3 Å². The third kappa shape index (κ3) is 2.16. The highest BCUT2D eigenvalue weighted by molar-refractivity contribution is 5.97. The predicted molar refractivity (Wildman–Crippen MR) is 63.8 cm³/mol. The number of allylic oxidation sites excluding steroid dienone is 1. The number of benzene rings is 1. The summed E-state index contributed by atoms with van der Waals surface area (Å²) < 4.78 is 4.84. The van der Waals surface area contributed by atoms with Crippen LogP contribution >= 0.6 is 0 Å². The molecule has 16 heavy (non-hydrogen) atoms. The van der Waals surface area contributed by atoms with Crippen LogP contribution in [0.25, 0.3) is 5.57 Å². The van der Waals surface area contributed by atoms with E-state index in [2.05, 4.69) is 12.1 Å². The van der Waals surface area contributed by atoms with Crippen LogP contribution in [0.1, 0.15) is 31.2 Å². The summed E-state index contributed by atoms with van der Waals surface area (Å²) in [6.45, 7) is 0. The van der Waals surface area contributed by atoms with Crippen LogP contribution in [-0.4, -0.2) is 13.1 Å². The zero-order chi connectivity index (χ0) is 11.4. The first-order chi connectivity index (χ1) is 7.83. The molecule has 0 aliphatic heterocycles. The minimum atomic E-state index is -0.168. The summed E-state index contributed by atoms with van der Waals surface area (Å²) in [5.74, 6) is -0.168. The van der Waals surface area contributed by atoms with E-state index < -0.39 is 0 Å². The highest BCUT2D eigenvalue weighted by Crippen LogP contribution is 2.32. The molecular formula is C14H16O2. The summed E-state index contributed by atoms with van der Waals surface area (Å²) >= 11 is 0. The van der Waals surface area contributed by atoms with E-state index in [-0.39, 0.29) is 5.97 Å². The summed E-state index contributed by atoms with van der Waals surface area (Å²) in [4.78, 5) is 11.7. The molecule has 1 aliphatic carbocycles. The molecule has 2 heteroatoms. The molecule has 0 spiro atoms. The molecule has 1 aromatic carbocycles. The van der Waals surface area contributed by atoms with Crippen molar-refractivity contribution in [1.29, 1.82) is 0 Å². The zero-order valence-corrected chi connectivity index (χ0v) is 9.53. The number of hydrogen-bond acceptors (Lipinski definition) is 2. The van der Waals surface area contributed by atoms with E-state index in [1.54, 1.807) is 0 Å². The number of carbonyl (C=O) groups excluding carboxylic acids is 1. The maximum absolute atomic E-state index is 11.7. The third-order valence-electron chi connectivity index (χ3n) is 3.02. The van der Waals surface area contributed by atoms with Crippen molar-refractivity contribution < 1.29 is 9.53 Å². The van der Waals surface area contributed by atoms with Gasteiger partial charge in [0.25, 0.3) is 0 Å². The number of rotatable bonds is 2. The van der Waals surface area contributed by atoms with Crippen LogP contribution in [0.4, 0.5) is 0 Å². The molecule has 0 heterocycles. The molecule has 1 aliphatic rings. The first-order valence-electron chi connectivity index (χ1n) is 5.68. The number of ether oxygens (including phenoxy) is 1. The van der Waals surface area contributed by atoms with Crippen LogP contribution in [0.2, 0.25) is 0 Å². The molecule has 0 radical (unpaired) electrons. The largest absolute Gasteiger partial charge is 0.466 e. The third-order valence-corrected chi connectivity index (χ3v) is 3.02. The van der Waals surface area contributed by atoms with Gasteiger partial charge in [0.15, 0.2) is 0 Å². The maximum atomic E-state index is 11.7. The van der Waals surface area contributed by atoms with Crippen molar-refractivity contribution in [3.63, 3.8) is 0 Å². The Bertz CT molecular complexity index is 404. The average Bonchev–Trinajstić information content (AvgIpc) is 2.39. The highest BCUT2D eigenvalue weighted by Gasteiger charge is 2.20. The predicted octanol–water partition coefficient (Wildman–Crippen LogP) is 3.19. The molecule has 0 N–H and O–H groups in total. The Morgan fingerprint density at radius 3 is 2.50 bits per heavy atom. The summed E-state index contributed by atoms with van der Waals surface area (Å²) in [6, 6.07) is 10.1. The first kappa shape index (κ1) is 10.9. The second-order valence-corrected chi connectivity index (χ2v) is 4.02. The van der Waals surface area contributed by atoms with E-state index in [0.717, 1.165) is 36.8 Å². The van der Waals surface area contributed by atoms with Gasteiger partial charge >= 0.3 is 5.97 Å². The molecule has 2 nitrogen and oxygen atoms in total. The van der Waals surface area contributed by atoms with E-state index in [9.17, 15) is 4.79 Å². The Hall–Kier alpha value is -1.57. The highest BCUT2D eigenvalue weighted by atomic mass is 16.5. The van der Waals surface area contributed by atoms with E-state index in [1.165, 1.54) is 12.7 Å². The minimum absolute atomic E-state index is 0.168. The molecule has 0 atom stereocenters. The second-order valence-electron chi connectivity index (χ2n) is 4.02. The summed E-state index contributed by atoms with van der Waals surface area (Å²) in [5, 5.41) is 0. The second kappa shape index (κ2) is 4.97. The summed E-state index contributed by atoms with van der Waals surface area (Å²) in [5.41, 5.74) is 3.18. The Labute approximate surface area is 95.9 Å². The number of carbonyl (C=O) groups is 1. The molecule has 0 unspecified atom stereocenters. The average molecular weight is 216 g/mol. The van der Waals surface area contributed by atoms with E-state index in [4.69, 9.17) is 4.74 Å². The van der Waals surface area contributed by atoms with Gasteiger partial charge in [-0.2, -0.15) is 0 Å². The lowest BCUT2D eigenvalue weighted by atomic mass is 9.87. The van der Waals surface area contributed by atoms with E-state index in [1.807, 2.05) is 18.2 Å². The molecule has 1 aromatic rings. The van der Waals surface area contributed by atoms with Crippen LogP contribution in [0.3, 0.4) is 0 Å². The molecule has 2 rings (SSSR count). The van der Waals surface area contributed by atoms with Crippen molar-refractivity contribution in [2.45, 2.75) is 25.7 Å². The lowest BCUT2D eigenvalue weighted by Gasteiger charge is -2.18. The van der Waals surface area contributed by atoms with Gasteiger partial charge in [-0.25, -0.2) is 4.79 Å². The van der Waals surface area contributed by atoms with E-state index in [0.29, 0.717) is 0 Å². The van der Waals surface area contributed by atoms with Crippen LogP contribution in [0, 0.1) is 0 Å². The molecule has 0 aromatic heterocycles. The van der Waals surface area contributed by atoms with E-state index >= 15 is 0 Å². The molecule has 0 saturated heterocycles. The molecule has 0 saturated carbocycles. The van der Waals surface area contributed by atoms with Crippen molar-refractivity contribution in [1.82, 2.24) is 0 Å². The van der Waals surface area contributed by atoms with Gasteiger partial charge in [-0.3, -0.25) is 0 Å². The lowest BCUT2D eigenvalue weighted by Crippen LogP contribution is -2.11. The molecular weight excluding hydrogens is 200 g/mol. The van der Waals surface area contributed by atoms with Crippen LogP contribution in [-0.2, 0) is 9.53 Å². The molecule has 84 valence electrons. The minimum Gasteiger partial charge on any atom is -0.466 e. The van der Waals surface area contributed by atoms with Gasteiger partial charge in [-0.15, -0.1) is 0 Å². The molecule has 0 bridgehead atoms. The normalized spacial score (nSPS) is 16.1. The standard InChI is InChI=1S/C14H16O2/c1-16-14(15)13-10-6-5-9-12(13)11-7-3-2-4-8-11/h2-4,7-8H,5-6,9-10H2,1H3. The fourth-order valence-corrected chi connectivity index (χ4v) is 2.21. The number of methoxy groups -OCH3 is 1. The maximum Gasteiger partial charge on any atom is 0.334 e. The van der Waals surface area contributed by atoms with Gasteiger partial charge in [0.1, 0.15) is 0 Å². The van der Waals surface area contributed by atoms with Crippen molar-refractivity contribution in [3.05, 3.63) is 41.5 Å². The monoisotopic (exact) mass is 216 g/mol. The molecule has 0 amide bonds. The Morgan fingerprint density at radius 2 is 1.81 bits per heavy atom. The topological polar surface area (TPSA) is 26.3 Å². The first-order valence-corrected chi connectivity index (χ1v) is 5.68. The molecule has 0 fully saturated rings. The van der Waals surface area contributed by atoms with Crippen molar-refractivity contribution in [2.24, 2.45) is 0 Å². The summed E-state index contributed by atoms with van der Waals surface area (Å²) in [6.07, 6.45) is 4.07. The quantitative estimate of drug-likeness (QED) is 0.710. The Kier molecular flexibility index (Phi) is 3.40. The lowest BCUT2D eigenvalue weighted by molar-refractivity contribution is -0.136. The van der Waals surface area contributed by atoms with Crippen molar-refractivity contribution in [2.75, 3.05) is 7.11 Å². The van der Waals surface area contributed by atoms with Gasteiger partial charge in [0.2, 0.25) is 0 Å². The van der Waals surface area contributed by atoms with Crippen molar-refractivity contribution >= 4 is 11.5 Å². The van der Waals surface area contributed by atoms with Gasteiger partial charge in [0, 0.05) is 5.57 Å². The van der Waals surface area contributed by atoms with Crippen molar-refractivity contribution in [3.8, 4) is 0 Å². The Balaban J connectivity index is 2.41. The summed E-state index contributed by atoms with van der Waals surface area (Å²) in [7, 11) is 1.45. The SMILES string of the molecule is COC(=O)C1=C(c2ccccc2)CCCC1. The fourth-order valence-electron chi connectivity index (χ4n) is 2.21. The Morgan fingerprint density at radius 1 is 1.12 bits per heavy atom. The number of esters is 1. The van der Waals surface area contributed by atoms with Crippen LogP contribution in [0.15, 0.2) is 35.9 Å². The van der Waals surface area contributed by atoms with Crippen LogP contribution in [0.5, 0.6) is 0 Å². The fraction of sp³-hybridized carbons (Fsp3) is 0.357. The zero-order valence-electron chi connectivity index (χ0n) is 9.53. The smallest absolute Gasteiger partial charge is 0.334 e. The van der Waals surface area contributed by atoms with Gasteiger partial charge in [0.05, 0.1) is 7.11 Å².